The summed E-state index contributed by atoms with van der Waals surface area (Å²) in [6.45, 7) is 10.8. The molecule has 0 heterocycles. The highest BCUT2D eigenvalue weighted by Crippen LogP contribution is 2.40. The third kappa shape index (κ3) is 5.88. The summed E-state index contributed by atoms with van der Waals surface area (Å²) in [7, 11) is 0. The molecule has 0 unspecified atom stereocenters. The molecule has 1 amide bonds. The van der Waals surface area contributed by atoms with E-state index in [1.54, 1.807) is 0 Å². The van der Waals surface area contributed by atoms with Crippen LogP contribution in [0.2, 0.25) is 0 Å². The van der Waals surface area contributed by atoms with Crippen molar-refractivity contribution in [1.29, 1.82) is 0 Å². The Hall–Kier alpha value is -1.83. The van der Waals surface area contributed by atoms with E-state index < -0.39 is 5.91 Å². The van der Waals surface area contributed by atoms with Crippen LogP contribution in [0.4, 0.5) is 0 Å². The Morgan fingerprint density at radius 3 is 2.45 bits per heavy atom. The van der Waals surface area contributed by atoms with Gasteiger partial charge in [-0.3, -0.25) is 4.79 Å². The Kier molecular flexibility index (Phi) is 6.61. The van der Waals surface area contributed by atoms with Crippen molar-refractivity contribution >= 4 is 5.91 Å². The third-order valence-corrected chi connectivity index (χ3v) is 4.14. The SMILES string of the molecule is CC1=C(/C=C/C(C)=C/C=C\C(C)=C/C(N)=O)C(C)(C)CCC1. The molecule has 2 heteroatoms. The maximum Gasteiger partial charge on any atom is 0.241 e. The molecule has 0 fully saturated rings. The van der Waals surface area contributed by atoms with E-state index in [0.717, 1.165) is 5.57 Å². The Morgan fingerprint density at radius 2 is 1.86 bits per heavy atom. The highest BCUT2D eigenvalue weighted by Gasteiger charge is 2.26. The Morgan fingerprint density at radius 1 is 1.18 bits per heavy atom. The first-order valence-electron chi connectivity index (χ1n) is 7.93. The predicted octanol–water partition coefficient (Wildman–Crippen LogP) is 5.00. The maximum absolute atomic E-state index is 10.8. The van der Waals surface area contributed by atoms with E-state index in [0.29, 0.717) is 0 Å². The highest BCUT2D eigenvalue weighted by atomic mass is 16.1. The minimum atomic E-state index is -0.412. The monoisotopic (exact) mass is 299 g/mol. The molecule has 0 aliphatic heterocycles. The van der Waals surface area contributed by atoms with E-state index in [2.05, 4.69) is 39.8 Å². The molecule has 1 aliphatic rings. The van der Waals surface area contributed by atoms with E-state index in [1.807, 2.05) is 25.2 Å². The van der Waals surface area contributed by atoms with Crippen LogP contribution in [-0.2, 0) is 4.79 Å². The number of allylic oxidation sites excluding steroid dienone is 9. The lowest BCUT2D eigenvalue weighted by Crippen LogP contribution is -2.19. The lowest BCUT2D eigenvalue weighted by atomic mass is 9.72. The maximum atomic E-state index is 10.8. The number of carbonyl (C=O) groups is 1. The van der Waals surface area contributed by atoms with Gasteiger partial charge in [0.2, 0.25) is 5.91 Å². The van der Waals surface area contributed by atoms with Crippen LogP contribution in [0, 0.1) is 5.41 Å². The molecule has 22 heavy (non-hydrogen) atoms. The number of amides is 1. The number of nitrogens with two attached hydrogens (primary N) is 1. The van der Waals surface area contributed by atoms with Gasteiger partial charge in [0.1, 0.15) is 0 Å². The number of primary amides is 1. The van der Waals surface area contributed by atoms with Gasteiger partial charge in [-0.2, -0.15) is 0 Å². The molecule has 0 bridgehead atoms. The number of hydrogen-bond acceptors (Lipinski definition) is 1. The van der Waals surface area contributed by atoms with Crippen molar-refractivity contribution in [1.82, 2.24) is 0 Å². The van der Waals surface area contributed by atoms with Crippen molar-refractivity contribution in [3.8, 4) is 0 Å². The third-order valence-electron chi connectivity index (χ3n) is 4.14. The molecule has 0 aromatic carbocycles. The van der Waals surface area contributed by atoms with E-state index in [9.17, 15) is 4.79 Å². The van der Waals surface area contributed by atoms with Crippen LogP contribution in [0.1, 0.15) is 53.9 Å². The van der Waals surface area contributed by atoms with Gasteiger partial charge in [-0.25, -0.2) is 0 Å². The van der Waals surface area contributed by atoms with E-state index in [1.165, 1.54) is 42.1 Å². The molecule has 1 rings (SSSR count). The summed E-state index contributed by atoms with van der Waals surface area (Å²) in [6.07, 6.45) is 15.5. The Balaban J connectivity index is 2.79. The molecular weight excluding hydrogens is 270 g/mol. The molecule has 0 radical (unpaired) electrons. The van der Waals surface area contributed by atoms with E-state index in [-0.39, 0.29) is 5.41 Å². The van der Waals surface area contributed by atoms with Gasteiger partial charge in [0.15, 0.2) is 0 Å². The highest BCUT2D eigenvalue weighted by molar-refractivity contribution is 5.86. The summed E-state index contributed by atoms with van der Waals surface area (Å²) in [6, 6.07) is 0. The summed E-state index contributed by atoms with van der Waals surface area (Å²) in [5.74, 6) is -0.412. The van der Waals surface area contributed by atoms with Gasteiger partial charge in [-0.1, -0.05) is 55.4 Å². The summed E-state index contributed by atoms with van der Waals surface area (Å²) >= 11 is 0. The van der Waals surface area contributed by atoms with Crippen LogP contribution in [0.25, 0.3) is 0 Å². The van der Waals surface area contributed by atoms with Crippen molar-refractivity contribution in [3.63, 3.8) is 0 Å². The largest absolute Gasteiger partial charge is 0.366 e. The number of carbonyl (C=O) groups excluding carboxylic acids is 1. The predicted molar refractivity (Wildman–Crippen MR) is 95.3 cm³/mol. The number of rotatable bonds is 5. The minimum Gasteiger partial charge on any atom is -0.366 e. The minimum absolute atomic E-state index is 0.274. The Labute approximate surface area is 135 Å². The zero-order chi connectivity index (χ0) is 16.8. The summed E-state index contributed by atoms with van der Waals surface area (Å²) < 4.78 is 0. The molecule has 2 N–H and O–H groups in total. The fraction of sp³-hybridized carbons (Fsp3) is 0.450. The van der Waals surface area contributed by atoms with Gasteiger partial charge in [0, 0.05) is 6.08 Å². The first-order valence-corrected chi connectivity index (χ1v) is 7.93. The first-order chi connectivity index (χ1) is 10.2. The second kappa shape index (κ2) is 7.98. The molecule has 0 aromatic rings. The van der Waals surface area contributed by atoms with E-state index >= 15 is 0 Å². The summed E-state index contributed by atoms with van der Waals surface area (Å²) in [4.78, 5) is 10.8. The normalized spacial score (nSPS) is 20.2. The van der Waals surface area contributed by atoms with Gasteiger partial charge >= 0.3 is 0 Å². The molecule has 0 spiro atoms. The van der Waals surface area contributed by atoms with Crippen molar-refractivity contribution in [3.05, 3.63) is 58.7 Å². The lowest BCUT2D eigenvalue weighted by Gasteiger charge is -2.32. The molecule has 0 aromatic heterocycles. The van der Waals surface area contributed by atoms with Gasteiger partial charge in [0.25, 0.3) is 0 Å². The van der Waals surface area contributed by atoms with Crippen LogP contribution in [0.15, 0.2) is 58.7 Å². The molecule has 1 aliphatic carbocycles. The second-order valence-electron chi connectivity index (χ2n) is 6.83. The molecule has 0 atom stereocenters. The average molecular weight is 299 g/mol. The summed E-state index contributed by atoms with van der Waals surface area (Å²) in [5.41, 5.74) is 10.4. The number of hydrogen-bond donors (Lipinski definition) is 1. The standard InChI is InChI=1S/C20H29NO/c1-15(8-6-9-16(2)14-19(21)22)11-12-18-17(3)10-7-13-20(18,4)5/h6,8-9,11-12,14H,7,10,13H2,1-5H3,(H2,21,22)/b9-6-,12-11+,15-8+,16-14-. The van der Waals surface area contributed by atoms with Crippen molar-refractivity contribution in [2.24, 2.45) is 11.1 Å². The van der Waals surface area contributed by atoms with Crippen molar-refractivity contribution in [2.45, 2.75) is 53.9 Å². The molecule has 0 saturated heterocycles. The second-order valence-corrected chi connectivity index (χ2v) is 6.83. The Bertz CT molecular complexity index is 569. The fourth-order valence-corrected chi connectivity index (χ4v) is 2.90. The zero-order valence-corrected chi connectivity index (χ0v) is 14.6. The first kappa shape index (κ1) is 18.2. The quantitative estimate of drug-likeness (QED) is 0.563. The topological polar surface area (TPSA) is 43.1 Å². The fourth-order valence-electron chi connectivity index (χ4n) is 2.90. The van der Waals surface area contributed by atoms with Crippen molar-refractivity contribution < 1.29 is 4.79 Å². The van der Waals surface area contributed by atoms with Crippen LogP contribution in [-0.4, -0.2) is 5.91 Å². The van der Waals surface area contributed by atoms with Gasteiger partial charge in [-0.15, -0.1) is 0 Å². The molecule has 0 saturated carbocycles. The van der Waals surface area contributed by atoms with Crippen LogP contribution >= 0.6 is 0 Å². The van der Waals surface area contributed by atoms with Gasteiger partial charge < -0.3 is 5.73 Å². The summed E-state index contributed by atoms with van der Waals surface area (Å²) in [5, 5.41) is 0. The van der Waals surface area contributed by atoms with Crippen LogP contribution < -0.4 is 5.73 Å². The van der Waals surface area contributed by atoms with Crippen LogP contribution in [0.3, 0.4) is 0 Å². The van der Waals surface area contributed by atoms with E-state index in [4.69, 9.17) is 5.73 Å². The van der Waals surface area contributed by atoms with Crippen LogP contribution in [0.5, 0.6) is 0 Å². The van der Waals surface area contributed by atoms with Gasteiger partial charge in [-0.05, 0) is 56.6 Å². The smallest absolute Gasteiger partial charge is 0.241 e. The average Bonchev–Trinajstić information content (AvgIpc) is 2.36. The zero-order valence-electron chi connectivity index (χ0n) is 14.6. The van der Waals surface area contributed by atoms with Gasteiger partial charge in [0.05, 0.1) is 0 Å². The molecule has 120 valence electrons. The molecule has 2 nitrogen and oxygen atoms in total. The molecular formula is C20H29NO. The van der Waals surface area contributed by atoms with Crippen molar-refractivity contribution in [2.75, 3.05) is 0 Å². The lowest BCUT2D eigenvalue weighted by molar-refractivity contribution is -0.113.